The lowest BCUT2D eigenvalue weighted by atomic mass is 10.2. The standard InChI is InChI=1S/C8H7N4.Al/c9-7-5-3-1-2-4-6(5)11-8(10)12-7;/h1-2,4H,(H4,9,10,11,12);. The third kappa shape index (κ3) is 1.33. The van der Waals surface area contributed by atoms with Gasteiger partial charge >= 0.3 is 0 Å². The largest absolute Gasteiger partial charge is 0.383 e. The van der Waals surface area contributed by atoms with Gasteiger partial charge in [0.1, 0.15) is 5.82 Å². The van der Waals surface area contributed by atoms with Gasteiger partial charge < -0.3 is 11.5 Å². The zero-order chi connectivity index (χ0) is 9.42. The first kappa shape index (κ1) is 8.30. The maximum atomic E-state index is 5.71. The average Bonchev–Trinajstić information content (AvgIpc) is 2.02. The summed E-state index contributed by atoms with van der Waals surface area (Å²) in [7, 11) is 0. The molecule has 2 radical (unpaired) electrons. The van der Waals surface area contributed by atoms with Gasteiger partial charge in [-0.15, -0.1) is 4.43 Å². The Hall–Kier alpha value is -1.31. The molecule has 4 nitrogen and oxygen atoms in total. The third-order valence-electron chi connectivity index (χ3n) is 1.80. The Kier molecular flexibility index (Phi) is 1.84. The van der Waals surface area contributed by atoms with E-state index in [9.17, 15) is 0 Å². The molecule has 1 aromatic heterocycles. The maximum Gasteiger partial charge on any atom is 0.222 e. The van der Waals surface area contributed by atoms with Crippen LogP contribution in [0.5, 0.6) is 0 Å². The zero-order valence-electron chi connectivity index (χ0n) is 6.86. The van der Waals surface area contributed by atoms with Crippen molar-refractivity contribution in [2.75, 3.05) is 11.5 Å². The van der Waals surface area contributed by atoms with Crippen LogP contribution in [0.4, 0.5) is 11.8 Å². The van der Waals surface area contributed by atoms with Crippen molar-refractivity contribution >= 4 is 43.4 Å². The molecule has 13 heavy (non-hydrogen) atoms. The Bertz CT molecular complexity index is 469. The lowest BCUT2D eigenvalue weighted by Crippen LogP contribution is -2.09. The van der Waals surface area contributed by atoms with Crippen LogP contribution in [0.25, 0.3) is 10.9 Å². The number of nitrogens with two attached hydrogens (primary N) is 2. The predicted octanol–water partition coefficient (Wildman–Crippen LogP) is -0.412. The summed E-state index contributed by atoms with van der Waals surface area (Å²) in [5.74, 6) is 0.633. The molecule has 0 unspecified atom stereocenters. The molecule has 1 heterocycles. The summed E-state index contributed by atoms with van der Waals surface area (Å²) < 4.78 is 0.981. The molecule has 4 N–H and O–H groups in total. The number of rotatable bonds is 0. The molecule has 0 fully saturated rings. The van der Waals surface area contributed by atoms with Crippen LogP contribution in [-0.2, 0) is 0 Å². The second-order valence-corrected chi connectivity index (χ2v) is 3.33. The van der Waals surface area contributed by atoms with Gasteiger partial charge in [0, 0.05) is 5.39 Å². The molecular formula is C8H7AlN4. The predicted molar refractivity (Wildman–Crippen MR) is 53.8 cm³/mol. The van der Waals surface area contributed by atoms with Crippen LogP contribution in [0.15, 0.2) is 18.2 Å². The third-order valence-corrected chi connectivity index (χ3v) is 2.28. The van der Waals surface area contributed by atoms with E-state index >= 15 is 0 Å². The number of benzene rings is 1. The fourth-order valence-corrected chi connectivity index (χ4v) is 1.66. The van der Waals surface area contributed by atoms with Gasteiger partial charge in [-0.2, -0.15) is 4.98 Å². The molecule has 0 aliphatic carbocycles. The number of fused-ring (bicyclic) bond motifs is 1. The quantitative estimate of drug-likeness (QED) is 0.548. The Morgan fingerprint density at radius 2 is 1.92 bits per heavy atom. The van der Waals surface area contributed by atoms with Gasteiger partial charge in [0.25, 0.3) is 0 Å². The molecule has 0 saturated carbocycles. The van der Waals surface area contributed by atoms with Gasteiger partial charge in [-0.1, -0.05) is 12.1 Å². The Morgan fingerprint density at radius 3 is 2.69 bits per heavy atom. The van der Waals surface area contributed by atoms with Crippen LogP contribution in [0, 0.1) is 0 Å². The van der Waals surface area contributed by atoms with E-state index in [2.05, 4.69) is 26.3 Å². The van der Waals surface area contributed by atoms with Crippen molar-refractivity contribution in [2.45, 2.75) is 0 Å². The molecule has 0 spiro atoms. The van der Waals surface area contributed by atoms with Crippen molar-refractivity contribution in [1.29, 1.82) is 0 Å². The Balaban J connectivity index is 2.94. The number of nitrogens with zero attached hydrogens (tertiary/aromatic N) is 2. The van der Waals surface area contributed by atoms with E-state index in [0.29, 0.717) is 5.82 Å². The van der Waals surface area contributed by atoms with Crippen LogP contribution in [0.3, 0.4) is 0 Å². The molecule has 0 amide bonds. The lowest BCUT2D eigenvalue weighted by molar-refractivity contribution is 1.25. The fraction of sp³-hybridized carbons (Fsp3) is 0. The number of hydrogen-bond acceptors (Lipinski definition) is 4. The van der Waals surface area contributed by atoms with E-state index in [0.717, 1.165) is 15.3 Å². The Morgan fingerprint density at radius 1 is 1.15 bits per heavy atom. The average molecular weight is 186 g/mol. The smallest absolute Gasteiger partial charge is 0.222 e. The van der Waals surface area contributed by atoms with Crippen LogP contribution < -0.4 is 15.9 Å². The van der Waals surface area contributed by atoms with Crippen molar-refractivity contribution < 1.29 is 0 Å². The van der Waals surface area contributed by atoms with E-state index in [-0.39, 0.29) is 5.95 Å². The second-order valence-electron chi connectivity index (χ2n) is 2.71. The van der Waals surface area contributed by atoms with Gasteiger partial charge in [-0.25, -0.2) is 4.98 Å². The summed E-state index contributed by atoms with van der Waals surface area (Å²) in [4.78, 5) is 7.96. The molecule has 1 aromatic carbocycles. The van der Waals surface area contributed by atoms with E-state index in [4.69, 9.17) is 11.5 Å². The zero-order valence-corrected chi connectivity index (χ0v) is 8.01. The Labute approximate surface area is 83.4 Å². The van der Waals surface area contributed by atoms with E-state index < -0.39 is 0 Å². The van der Waals surface area contributed by atoms with Crippen LogP contribution >= 0.6 is 0 Å². The first-order valence-electron chi connectivity index (χ1n) is 3.75. The summed E-state index contributed by atoms with van der Waals surface area (Å²) in [6.45, 7) is 0. The second kappa shape index (κ2) is 2.87. The highest BCUT2D eigenvalue weighted by Crippen LogP contribution is 2.15. The topological polar surface area (TPSA) is 77.8 Å². The van der Waals surface area contributed by atoms with Crippen LogP contribution in [-0.4, -0.2) is 26.3 Å². The summed E-state index contributed by atoms with van der Waals surface area (Å²) in [5, 5.41) is 0.849. The summed E-state index contributed by atoms with van der Waals surface area (Å²) in [6, 6.07) is 5.69. The SMILES string of the molecule is Nc1nc(N)c2[c]([Al])cccc2n1. The highest BCUT2D eigenvalue weighted by molar-refractivity contribution is 6.39. The molecule has 62 valence electrons. The van der Waals surface area contributed by atoms with Gasteiger partial charge in [0.2, 0.25) is 5.95 Å². The summed E-state index contributed by atoms with van der Waals surface area (Å²) >= 11 is 2.59. The monoisotopic (exact) mass is 186 g/mol. The van der Waals surface area contributed by atoms with Gasteiger partial charge in [-0.05, 0) is 6.07 Å². The summed E-state index contributed by atoms with van der Waals surface area (Å²) in [5.41, 5.74) is 12.0. The molecule has 0 bridgehead atoms. The molecule has 5 heteroatoms. The fourth-order valence-electron chi connectivity index (χ4n) is 1.26. The molecule has 0 atom stereocenters. The van der Waals surface area contributed by atoms with Crippen molar-refractivity contribution in [2.24, 2.45) is 0 Å². The first-order chi connectivity index (χ1) is 6.18. The van der Waals surface area contributed by atoms with Gasteiger partial charge in [0.05, 0.1) is 5.52 Å². The molecular weight excluding hydrogens is 179 g/mol. The maximum absolute atomic E-state index is 5.71. The molecule has 2 rings (SSSR count). The number of anilines is 2. The van der Waals surface area contributed by atoms with E-state index in [1.807, 2.05) is 18.2 Å². The van der Waals surface area contributed by atoms with Crippen LogP contribution in [0.1, 0.15) is 0 Å². The van der Waals surface area contributed by atoms with E-state index in [1.165, 1.54) is 0 Å². The van der Waals surface area contributed by atoms with Crippen molar-refractivity contribution in [3.8, 4) is 0 Å². The lowest BCUT2D eigenvalue weighted by Gasteiger charge is -2.05. The highest BCUT2D eigenvalue weighted by Gasteiger charge is 2.03. The highest BCUT2D eigenvalue weighted by atomic mass is 27.0. The van der Waals surface area contributed by atoms with Crippen molar-refractivity contribution in [3.05, 3.63) is 18.2 Å². The molecule has 2 aromatic rings. The van der Waals surface area contributed by atoms with Crippen molar-refractivity contribution in [1.82, 2.24) is 9.97 Å². The van der Waals surface area contributed by atoms with Gasteiger partial charge in [-0.3, -0.25) is 0 Å². The first-order valence-corrected chi connectivity index (χ1v) is 4.33. The number of hydrogen-bond donors (Lipinski definition) is 2. The normalized spacial score (nSPS) is 10.5. The minimum Gasteiger partial charge on any atom is -0.383 e. The van der Waals surface area contributed by atoms with Crippen LogP contribution in [0.2, 0.25) is 0 Å². The minimum absolute atomic E-state index is 0.209. The van der Waals surface area contributed by atoms with Gasteiger partial charge in [0.15, 0.2) is 16.3 Å². The number of nitrogen functional groups attached to an aromatic ring is 2. The van der Waals surface area contributed by atoms with E-state index in [1.54, 1.807) is 0 Å². The molecule has 0 aliphatic rings. The molecule has 0 saturated heterocycles. The summed E-state index contributed by atoms with van der Waals surface area (Å²) in [6.07, 6.45) is 0. The minimum atomic E-state index is 0.209. The van der Waals surface area contributed by atoms with Crippen molar-refractivity contribution in [3.63, 3.8) is 0 Å². The number of aromatic nitrogens is 2. The molecule has 0 aliphatic heterocycles.